The molecule has 1 aromatic rings. The van der Waals surface area contributed by atoms with E-state index in [1.165, 1.54) is 12.8 Å². The number of rotatable bonds is 5. The third-order valence-electron chi connectivity index (χ3n) is 5.01. The highest BCUT2D eigenvalue weighted by Crippen LogP contribution is 2.48. The van der Waals surface area contributed by atoms with E-state index in [2.05, 4.69) is 18.1 Å². The number of nitrogens with zero attached hydrogens (tertiary/aromatic N) is 3. The largest absolute Gasteiger partial charge is 0.387 e. The molecule has 4 heteroatoms. The fourth-order valence-corrected chi connectivity index (χ4v) is 3.69. The van der Waals surface area contributed by atoms with Crippen LogP contribution in [0, 0.1) is 22.7 Å². The predicted molar refractivity (Wildman–Crippen MR) is 82.5 cm³/mol. The molecule has 0 radical (unpaired) electrons. The molecule has 1 aliphatic rings. The maximum atomic E-state index is 10.9. The summed E-state index contributed by atoms with van der Waals surface area (Å²) in [7, 11) is 1.87. The van der Waals surface area contributed by atoms with Crippen molar-refractivity contribution in [3.8, 4) is 6.07 Å². The van der Waals surface area contributed by atoms with E-state index in [-0.39, 0.29) is 0 Å². The number of hydrogen-bond donors (Lipinski definition) is 1. The van der Waals surface area contributed by atoms with Gasteiger partial charge in [0.2, 0.25) is 0 Å². The molecule has 116 valence electrons. The highest BCUT2D eigenvalue weighted by molar-refractivity contribution is 5.25. The molecule has 21 heavy (non-hydrogen) atoms. The van der Waals surface area contributed by atoms with Crippen molar-refractivity contribution in [2.75, 3.05) is 0 Å². The van der Waals surface area contributed by atoms with Gasteiger partial charge >= 0.3 is 0 Å². The van der Waals surface area contributed by atoms with Crippen molar-refractivity contribution in [2.24, 2.45) is 18.4 Å². The van der Waals surface area contributed by atoms with E-state index >= 15 is 0 Å². The van der Waals surface area contributed by atoms with E-state index in [4.69, 9.17) is 0 Å². The molecule has 0 aromatic carbocycles. The molecule has 0 spiro atoms. The molecule has 1 N–H and O–H groups in total. The first-order valence-corrected chi connectivity index (χ1v) is 8.18. The SMILES string of the molecule is CCCC1CCC(C#N)(C(O)c2cn(C)nc2CC)CC1. The van der Waals surface area contributed by atoms with Crippen molar-refractivity contribution in [3.05, 3.63) is 17.5 Å². The Bertz CT molecular complexity index is 507. The molecule has 0 saturated heterocycles. The van der Waals surface area contributed by atoms with E-state index in [9.17, 15) is 10.4 Å². The van der Waals surface area contributed by atoms with Gasteiger partial charge in [0, 0.05) is 18.8 Å². The van der Waals surface area contributed by atoms with Crippen LogP contribution in [0.25, 0.3) is 0 Å². The Kier molecular flexibility index (Phi) is 5.05. The summed E-state index contributed by atoms with van der Waals surface area (Å²) in [6.07, 6.45) is 8.10. The summed E-state index contributed by atoms with van der Waals surface area (Å²) < 4.78 is 1.74. The van der Waals surface area contributed by atoms with Crippen molar-refractivity contribution < 1.29 is 5.11 Å². The number of aromatic nitrogens is 2. The Hall–Kier alpha value is -1.34. The number of nitriles is 1. The van der Waals surface area contributed by atoms with Gasteiger partial charge in [0.15, 0.2) is 0 Å². The first-order valence-electron chi connectivity index (χ1n) is 8.18. The maximum absolute atomic E-state index is 10.9. The standard InChI is InChI=1S/C17H27N3O/c1-4-6-13-7-9-17(12-18,10-8-13)16(21)14-11-20(3)19-15(14)5-2/h11,13,16,21H,4-10H2,1-3H3. The molecule has 1 fully saturated rings. The lowest BCUT2D eigenvalue weighted by Gasteiger charge is -2.38. The molecule has 1 aliphatic carbocycles. The van der Waals surface area contributed by atoms with Crippen LogP contribution in [0.15, 0.2) is 6.20 Å². The molecule has 0 aliphatic heterocycles. The molecule has 1 saturated carbocycles. The summed E-state index contributed by atoms with van der Waals surface area (Å²) in [5.74, 6) is 0.725. The normalized spacial score (nSPS) is 27.3. The highest BCUT2D eigenvalue weighted by Gasteiger charge is 2.43. The van der Waals surface area contributed by atoms with Crippen LogP contribution in [-0.2, 0) is 13.5 Å². The lowest BCUT2D eigenvalue weighted by atomic mass is 9.66. The molecular formula is C17H27N3O. The fourth-order valence-electron chi connectivity index (χ4n) is 3.69. The van der Waals surface area contributed by atoms with Gasteiger partial charge in [-0.2, -0.15) is 10.4 Å². The second-order valence-corrected chi connectivity index (χ2v) is 6.46. The van der Waals surface area contributed by atoms with Gasteiger partial charge < -0.3 is 5.11 Å². The smallest absolute Gasteiger partial charge is 0.101 e. The van der Waals surface area contributed by atoms with E-state index < -0.39 is 11.5 Å². The summed E-state index contributed by atoms with van der Waals surface area (Å²) in [5, 5.41) is 25.0. The van der Waals surface area contributed by atoms with Crippen molar-refractivity contribution in [1.29, 1.82) is 5.26 Å². The minimum absolute atomic E-state index is 0.628. The van der Waals surface area contributed by atoms with Gasteiger partial charge in [0.05, 0.1) is 17.2 Å². The first kappa shape index (κ1) is 16.0. The predicted octanol–water partition coefficient (Wildman–Crippen LogP) is 3.52. The van der Waals surface area contributed by atoms with E-state index in [0.717, 1.165) is 49.3 Å². The van der Waals surface area contributed by atoms with Crippen LogP contribution in [-0.4, -0.2) is 14.9 Å². The zero-order valence-electron chi connectivity index (χ0n) is 13.5. The van der Waals surface area contributed by atoms with E-state index in [1.54, 1.807) is 4.68 Å². The zero-order chi connectivity index (χ0) is 15.5. The average Bonchev–Trinajstić information content (AvgIpc) is 2.89. The Morgan fingerprint density at radius 3 is 2.67 bits per heavy atom. The van der Waals surface area contributed by atoms with Crippen LogP contribution >= 0.6 is 0 Å². The summed E-state index contributed by atoms with van der Waals surface area (Å²) in [6, 6.07) is 2.45. The number of aryl methyl sites for hydroxylation is 2. The quantitative estimate of drug-likeness (QED) is 0.902. The van der Waals surface area contributed by atoms with Crippen LogP contribution in [0.2, 0.25) is 0 Å². The topological polar surface area (TPSA) is 61.8 Å². The zero-order valence-corrected chi connectivity index (χ0v) is 13.5. The summed E-state index contributed by atoms with van der Waals surface area (Å²) in [6.45, 7) is 4.25. The van der Waals surface area contributed by atoms with Gasteiger partial charge in [-0.1, -0.05) is 26.7 Å². The van der Waals surface area contributed by atoms with Crippen LogP contribution in [0.4, 0.5) is 0 Å². The molecule has 1 aromatic heterocycles. The molecule has 1 unspecified atom stereocenters. The number of aliphatic hydroxyl groups excluding tert-OH is 1. The highest BCUT2D eigenvalue weighted by atomic mass is 16.3. The molecule has 2 rings (SSSR count). The monoisotopic (exact) mass is 289 g/mol. The van der Waals surface area contributed by atoms with Gasteiger partial charge in [0.25, 0.3) is 0 Å². The lowest BCUT2D eigenvalue weighted by molar-refractivity contribution is 0.0231. The van der Waals surface area contributed by atoms with Gasteiger partial charge in [-0.15, -0.1) is 0 Å². The second kappa shape index (κ2) is 6.62. The van der Waals surface area contributed by atoms with Gasteiger partial charge in [-0.25, -0.2) is 0 Å². The number of hydrogen-bond acceptors (Lipinski definition) is 3. The summed E-state index contributed by atoms with van der Waals surface area (Å²) >= 11 is 0. The molecule has 1 atom stereocenters. The summed E-state index contributed by atoms with van der Waals surface area (Å²) in [4.78, 5) is 0. The van der Waals surface area contributed by atoms with Crippen molar-refractivity contribution in [2.45, 2.75) is 64.9 Å². The molecular weight excluding hydrogens is 262 g/mol. The third kappa shape index (κ3) is 3.13. The Balaban J connectivity index is 2.19. The molecule has 4 nitrogen and oxygen atoms in total. The Morgan fingerprint density at radius 2 is 2.14 bits per heavy atom. The Labute approximate surface area is 127 Å². The van der Waals surface area contributed by atoms with Gasteiger partial charge in [0.1, 0.15) is 6.10 Å². The van der Waals surface area contributed by atoms with Crippen molar-refractivity contribution in [3.63, 3.8) is 0 Å². The number of aliphatic hydroxyl groups is 1. The maximum Gasteiger partial charge on any atom is 0.101 e. The van der Waals surface area contributed by atoms with Crippen LogP contribution < -0.4 is 0 Å². The minimum Gasteiger partial charge on any atom is -0.387 e. The third-order valence-corrected chi connectivity index (χ3v) is 5.01. The molecule has 0 bridgehead atoms. The lowest BCUT2D eigenvalue weighted by Crippen LogP contribution is -2.32. The summed E-state index contributed by atoms with van der Waals surface area (Å²) in [5.41, 5.74) is 1.13. The van der Waals surface area contributed by atoms with Crippen molar-refractivity contribution in [1.82, 2.24) is 9.78 Å². The van der Waals surface area contributed by atoms with Crippen LogP contribution in [0.5, 0.6) is 0 Å². The average molecular weight is 289 g/mol. The van der Waals surface area contributed by atoms with Crippen LogP contribution in [0.1, 0.15) is 69.7 Å². The minimum atomic E-state index is -0.714. The van der Waals surface area contributed by atoms with Gasteiger partial charge in [-0.05, 0) is 38.0 Å². The molecule has 0 amide bonds. The van der Waals surface area contributed by atoms with Crippen molar-refractivity contribution >= 4 is 0 Å². The molecule has 1 heterocycles. The Morgan fingerprint density at radius 1 is 1.48 bits per heavy atom. The van der Waals surface area contributed by atoms with Gasteiger partial charge in [-0.3, -0.25) is 4.68 Å². The fraction of sp³-hybridized carbons (Fsp3) is 0.765. The van der Waals surface area contributed by atoms with Crippen LogP contribution in [0.3, 0.4) is 0 Å². The van der Waals surface area contributed by atoms with E-state index in [1.807, 2.05) is 20.2 Å². The van der Waals surface area contributed by atoms with E-state index in [0.29, 0.717) is 0 Å². The second-order valence-electron chi connectivity index (χ2n) is 6.46. The first-order chi connectivity index (χ1) is 10.1.